The van der Waals surface area contributed by atoms with Crippen LogP contribution in [-0.4, -0.2) is 24.9 Å². The molecule has 0 N–H and O–H groups in total. The fraction of sp³-hybridized carbons (Fsp3) is 0.286. The molecular formula is C35H39N5Y6-6. The first kappa shape index (κ1) is 60.5. The van der Waals surface area contributed by atoms with Crippen molar-refractivity contribution in [3.63, 3.8) is 0 Å². The van der Waals surface area contributed by atoms with Crippen molar-refractivity contribution in [1.82, 2.24) is 24.9 Å². The fourth-order valence-electron chi connectivity index (χ4n) is 2.71. The first-order valence-corrected chi connectivity index (χ1v) is 12.9. The summed E-state index contributed by atoms with van der Waals surface area (Å²) >= 11 is 0. The molecule has 228 valence electrons. The molecule has 0 unspecified atom stereocenters. The van der Waals surface area contributed by atoms with Crippen LogP contribution < -0.4 is 0 Å². The molecule has 0 aliphatic rings. The van der Waals surface area contributed by atoms with E-state index in [1.807, 2.05) is 112 Å². The Balaban J connectivity index is -0.000000105. The van der Waals surface area contributed by atoms with Gasteiger partial charge in [0.2, 0.25) is 0 Å². The van der Waals surface area contributed by atoms with Crippen molar-refractivity contribution in [1.29, 1.82) is 0 Å². The third-order valence-electron chi connectivity index (χ3n) is 5.03. The molecule has 0 saturated heterocycles. The molecule has 5 heterocycles. The number of pyridine rings is 5. The van der Waals surface area contributed by atoms with Gasteiger partial charge in [0.05, 0.1) is 0 Å². The quantitative estimate of drug-likeness (QED) is 0.153. The van der Waals surface area contributed by atoms with Crippen LogP contribution in [0.1, 0.15) is 56.3 Å². The van der Waals surface area contributed by atoms with Crippen LogP contribution >= 0.6 is 0 Å². The van der Waals surface area contributed by atoms with Crippen LogP contribution in [0.2, 0.25) is 0 Å². The molecule has 0 amide bonds. The Morgan fingerprint density at radius 2 is 1.13 bits per heavy atom. The van der Waals surface area contributed by atoms with Crippen molar-refractivity contribution in [2.24, 2.45) is 0 Å². The van der Waals surface area contributed by atoms with Crippen molar-refractivity contribution in [3.05, 3.63) is 148 Å². The zero-order valence-electron chi connectivity index (χ0n) is 28.9. The average Bonchev–Trinajstić information content (AvgIpc) is 2.91. The van der Waals surface area contributed by atoms with Crippen molar-refractivity contribution in [3.8, 4) is 0 Å². The predicted octanol–water partition coefficient (Wildman–Crippen LogP) is 7.28. The Labute approximate surface area is 430 Å². The molecule has 11 heteroatoms. The molecule has 5 nitrogen and oxygen atoms in total. The van der Waals surface area contributed by atoms with Crippen LogP contribution in [0.3, 0.4) is 0 Å². The zero-order chi connectivity index (χ0) is 29.9. The maximum Gasteiger partial charge on any atom is 0 e. The smallest absolute Gasteiger partial charge is 0 e. The summed E-state index contributed by atoms with van der Waals surface area (Å²) in [4.78, 5) is 19.8. The molecular weight excluding hydrogens is 1020 g/mol. The van der Waals surface area contributed by atoms with Crippen LogP contribution in [0.5, 0.6) is 0 Å². The summed E-state index contributed by atoms with van der Waals surface area (Å²) in [6.07, 6.45) is 10.8. The molecule has 0 spiro atoms. The molecule has 5 aromatic heterocycles. The van der Waals surface area contributed by atoms with Crippen molar-refractivity contribution < 1.29 is 196 Å². The van der Waals surface area contributed by atoms with Gasteiger partial charge in [-0.25, -0.2) is 35.9 Å². The van der Waals surface area contributed by atoms with E-state index in [2.05, 4.69) is 61.6 Å². The van der Waals surface area contributed by atoms with Crippen molar-refractivity contribution in [2.45, 2.75) is 69.2 Å². The molecule has 0 aliphatic carbocycles. The normalized spacial score (nSPS) is 8.04. The van der Waals surface area contributed by atoms with Gasteiger partial charge < -0.3 is 37.1 Å². The third-order valence-corrected chi connectivity index (χ3v) is 5.03. The summed E-state index contributed by atoms with van der Waals surface area (Å²) in [6, 6.07) is 23.4. The van der Waals surface area contributed by atoms with Crippen LogP contribution in [0, 0.1) is 106 Å². The molecule has 5 rings (SSSR count). The van der Waals surface area contributed by atoms with Crippen LogP contribution in [0.4, 0.5) is 0 Å². The van der Waals surface area contributed by atoms with Crippen molar-refractivity contribution in [2.75, 3.05) is 0 Å². The average molecular weight is 1060 g/mol. The Hall–Kier alpha value is 2.37. The van der Waals surface area contributed by atoms with Crippen molar-refractivity contribution >= 4 is 0 Å². The number of hydrogen-bond donors (Lipinski definition) is 0. The Morgan fingerprint density at radius 1 is 0.500 bits per heavy atom. The molecule has 46 heavy (non-hydrogen) atoms. The minimum atomic E-state index is 0. The minimum Gasteiger partial charge on any atom is -0.430 e. The first-order valence-electron chi connectivity index (χ1n) is 12.9. The van der Waals surface area contributed by atoms with Crippen LogP contribution in [-0.2, 0) is 196 Å². The fourth-order valence-corrected chi connectivity index (χ4v) is 2.71. The van der Waals surface area contributed by atoms with E-state index in [0.29, 0.717) is 0 Å². The molecule has 6 radical (unpaired) electrons. The summed E-state index contributed by atoms with van der Waals surface area (Å²) in [6.45, 7) is 19.8. The molecule has 0 bridgehead atoms. The molecule has 0 fully saturated rings. The van der Waals surface area contributed by atoms with Gasteiger partial charge in [0.15, 0.2) is 0 Å². The van der Waals surface area contributed by atoms with Gasteiger partial charge in [-0.3, -0.25) is 5.56 Å². The zero-order valence-corrected chi connectivity index (χ0v) is 45.9. The summed E-state index contributed by atoms with van der Waals surface area (Å²) in [5, 5.41) is 0. The van der Waals surface area contributed by atoms with E-state index in [4.69, 9.17) is 0 Å². The Morgan fingerprint density at radius 3 is 1.46 bits per heavy atom. The topological polar surface area (TPSA) is 64.5 Å². The maximum absolute atomic E-state index is 4.02. The molecule has 5 aromatic rings. The van der Waals surface area contributed by atoms with E-state index in [1.54, 1.807) is 12.4 Å². The van der Waals surface area contributed by atoms with E-state index < -0.39 is 0 Å². The maximum atomic E-state index is 4.02. The standard InChI is InChI=1S/3C7H8N.C7H7N.C7H8N.6Y/c2*1-6-3-4-8-7(2)5-6;2*1-6-3-4-7(2)8-5-6;1-6-4-3-5-8-7(6)2;;;;;;/h4-5H,1-2H3;2*3,5H,1-2H3;3H,1-2H3;4-5H,1-2H3;;;;;;/q3*-1;-2;-1;;;;;;. The van der Waals surface area contributed by atoms with Gasteiger partial charge in [-0.1, -0.05) is 63.9 Å². The summed E-state index contributed by atoms with van der Waals surface area (Å²) in [5.41, 5.74) is 10.8. The first-order chi connectivity index (χ1) is 19.0. The van der Waals surface area contributed by atoms with Crippen LogP contribution in [0.15, 0.2) is 55.0 Å². The van der Waals surface area contributed by atoms with E-state index in [0.717, 1.165) is 45.2 Å². The molecule has 0 aliphatic heterocycles. The van der Waals surface area contributed by atoms with Gasteiger partial charge in [0, 0.05) is 196 Å². The van der Waals surface area contributed by atoms with E-state index >= 15 is 0 Å². The van der Waals surface area contributed by atoms with E-state index in [1.165, 1.54) is 11.1 Å². The minimum absolute atomic E-state index is 0. The summed E-state index contributed by atoms with van der Waals surface area (Å²) < 4.78 is 0. The Bertz CT molecular complexity index is 1220. The number of aryl methyl sites for hydroxylation is 10. The summed E-state index contributed by atoms with van der Waals surface area (Å²) in [5.74, 6) is 0. The second-order valence-corrected chi connectivity index (χ2v) is 9.28. The van der Waals surface area contributed by atoms with Gasteiger partial charge in [0.25, 0.3) is 0 Å². The van der Waals surface area contributed by atoms with E-state index in [-0.39, 0.29) is 196 Å². The third kappa shape index (κ3) is 33.5. The van der Waals surface area contributed by atoms with Crippen LogP contribution in [0.25, 0.3) is 0 Å². The second kappa shape index (κ2) is 37.1. The Kier molecular flexibility index (Phi) is 48.8. The van der Waals surface area contributed by atoms with Gasteiger partial charge >= 0.3 is 0 Å². The molecule has 0 saturated carbocycles. The van der Waals surface area contributed by atoms with E-state index in [9.17, 15) is 0 Å². The predicted molar refractivity (Wildman–Crippen MR) is 162 cm³/mol. The molecule has 0 aromatic carbocycles. The monoisotopic (exact) mass is 1060 g/mol. The number of nitrogens with zero attached hydrogens (tertiary/aromatic N) is 5. The van der Waals surface area contributed by atoms with Gasteiger partial charge in [-0.2, -0.15) is 40.7 Å². The SMILES string of the molecule is Cc1[c-]cnc(C)c1.Cc1[c-]nc(C)[c-]c1.Cc1c[c-]c(C)nc1.Cc1c[c-]cnc1C.Cc1c[c-]nc(C)c1.[Y].[Y].[Y].[Y].[Y].[Y]. The summed E-state index contributed by atoms with van der Waals surface area (Å²) in [7, 11) is 0. The number of rotatable bonds is 0. The van der Waals surface area contributed by atoms with Gasteiger partial charge in [-0.05, 0) is 32.2 Å². The van der Waals surface area contributed by atoms with Gasteiger partial charge in [0.1, 0.15) is 0 Å². The number of hydrogen-bond acceptors (Lipinski definition) is 5. The number of aromatic nitrogens is 5. The largest absolute Gasteiger partial charge is 0.430 e. The van der Waals surface area contributed by atoms with Gasteiger partial charge in [-0.15, -0.1) is 26.8 Å². The molecule has 0 atom stereocenters. The second-order valence-electron chi connectivity index (χ2n) is 9.28.